The normalized spacial score (nSPS) is 10.4. The lowest BCUT2D eigenvalue weighted by molar-refractivity contribution is 0.0947. The highest BCUT2D eigenvalue weighted by Gasteiger charge is 2.07. The number of anilines is 3. The fraction of sp³-hybridized carbons (Fsp3) is 0.450. The monoisotopic (exact) mass is 355 g/mol. The van der Waals surface area contributed by atoms with E-state index in [9.17, 15) is 4.79 Å². The summed E-state index contributed by atoms with van der Waals surface area (Å²) in [7, 11) is 0. The Hall–Kier alpha value is -2.63. The number of benzene rings is 1. The number of carbonyl (C=O) groups is 1. The summed E-state index contributed by atoms with van der Waals surface area (Å²) in [4.78, 5) is 22.8. The van der Waals surface area contributed by atoms with Gasteiger partial charge in [0.05, 0.1) is 12.4 Å². The molecule has 140 valence electrons. The first-order valence-corrected chi connectivity index (χ1v) is 9.40. The zero-order chi connectivity index (χ0) is 18.8. The third-order valence-corrected chi connectivity index (χ3v) is 4.22. The van der Waals surface area contributed by atoms with Crippen molar-refractivity contribution in [1.82, 2.24) is 15.3 Å². The number of nitrogens with zero attached hydrogens (tertiary/aromatic N) is 3. The highest BCUT2D eigenvalue weighted by Crippen LogP contribution is 2.20. The number of unbranched alkanes of at least 4 members (excludes halogenated alkanes) is 2. The summed E-state index contributed by atoms with van der Waals surface area (Å²) in [5, 5.41) is 6.07. The predicted molar refractivity (Wildman–Crippen MR) is 107 cm³/mol. The van der Waals surface area contributed by atoms with Crippen molar-refractivity contribution in [2.45, 2.75) is 40.0 Å². The maximum Gasteiger partial charge on any atom is 0.271 e. The van der Waals surface area contributed by atoms with Crippen LogP contribution in [0.15, 0.2) is 36.7 Å². The lowest BCUT2D eigenvalue weighted by Crippen LogP contribution is -2.25. The molecule has 26 heavy (non-hydrogen) atoms. The molecule has 0 atom stereocenters. The van der Waals surface area contributed by atoms with E-state index in [2.05, 4.69) is 58.4 Å². The highest BCUT2D eigenvalue weighted by molar-refractivity contribution is 5.92. The standard InChI is InChI=1S/C20H29N5O/c1-4-7-8-13-21-20(26)18-14-23-19(15-22-18)24-16-9-11-17(12-10-16)25(5-2)6-3/h9-12,14-15H,4-8,13H2,1-3H3,(H,21,26)(H,23,24). The molecule has 0 aliphatic heterocycles. The number of hydrogen-bond acceptors (Lipinski definition) is 5. The van der Waals surface area contributed by atoms with Crippen LogP contribution < -0.4 is 15.5 Å². The number of nitrogens with one attached hydrogen (secondary N) is 2. The van der Waals surface area contributed by atoms with Gasteiger partial charge < -0.3 is 15.5 Å². The molecular weight excluding hydrogens is 326 g/mol. The predicted octanol–water partition coefficient (Wildman–Crippen LogP) is 3.99. The Kier molecular flexibility index (Phi) is 7.86. The second-order valence-corrected chi connectivity index (χ2v) is 6.09. The van der Waals surface area contributed by atoms with Gasteiger partial charge in [-0.1, -0.05) is 19.8 Å². The summed E-state index contributed by atoms with van der Waals surface area (Å²) >= 11 is 0. The van der Waals surface area contributed by atoms with Crippen molar-refractivity contribution in [2.24, 2.45) is 0 Å². The van der Waals surface area contributed by atoms with Crippen LogP contribution in [0.3, 0.4) is 0 Å². The zero-order valence-corrected chi connectivity index (χ0v) is 16.0. The Balaban J connectivity index is 1.91. The van der Waals surface area contributed by atoms with E-state index in [-0.39, 0.29) is 5.91 Å². The van der Waals surface area contributed by atoms with Gasteiger partial charge in [0.2, 0.25) is 0 Å². The summed E-state index contributed by atoms with van der Waals surface area (Å²) in [6, 6.07) is 8.20. The number of carbonyl (C=O) groups excluding carboxylic acids is 1. The minimum atomic E-state index is -0.177. The smallest absolute Gasteiger partial charge is 0.271 e. The molecular formula is C20H29N5O. The number of amides is 1. The van der Waals surface area contributed by atoms with Crippen LogP contribution in [0, 0.1) is 0 Å². The maximum absolute atomic E-state index is 12.0. The molecule has 0 saturated carbocycles. The van der Waals surface area contributed by atoms with Gasteiger partial charge in [-0.3, -0.25) is 4.79 Å². The van der Waals surface area contributed by atoms with Crippen molar-refractivity contribution >= 4 is 23.1 Å². The lowest BCUT2D eigenvalue weighted by Gasteiger charge is -2.21. The Morgan fingerprint density at radius 1 is 1.00 bits per heavy atom. The van der Waals surface area contributed by atoms with Crippen molar-refractivity contribution < 1.29 is 4.79 Å². The Bertz CT molecular complexity index is 666. The fourth-order valence-electron chi connectivity index (χ4n) is 2.67. The molecule has 2 aromatic rings. The SMILES string of the molecule is CCCCCNC(=O)c1cnc(Nc2ccc(N(CC)CC)cc2)cn1. The molecule has 1 aromatic carbocycles. The average Bonchev–Trinajstić information content (AvgIpc) is 2.68. The third-order valence-electron chi connectivity index (χ3n) is 4.22. The van der Waals surface area contributed by atoms with Gasteiger partial charge in [-0.05, 0) is 44.5 Å². The van der Waals surface area contributed by atoms with Crippen LogP contribution in [0.2, 0.25) is 0 Å². The first kappa shape index (κ1) is 19.7. The second kappa shape index (κ2) is 10.4. The number of rotatable bonds is 10. The molecule has 1 aromatic heterocycles. The Morgan fingerprint density at radius 3 is 2.31 bits per heavy atom. The molecule has 0 radical (unpaired) electrons. The molecule has 0 unspecified atom stereocenters. The van der Waals surface area contributed by atoms with E-state index < -0.39 is 0 Å². The quantitative estimate of drug-likeness (QED) is 0.631. The van der Waals surface area contributed by atoms with Crippen molar-refractivity contribution in [1.29, 1.82) is 0 Å². The van der Waals surface area contributed by atoms with E-state index in [4.69, 9.17) is 0 Å². The average molecular weight is 355 g/mol. The van der Waals surface area contributed by atoms with E-state index in [1.807, 2.05) is 12.1 Å². The van der Waals surface area contributed by atoms with Gasteiger partial charge in [0, 0.05) is 31.0 Å². The van der Waals surface area contributed by atoms with E-state index >= 15 is 0 Å². The molecule has 1 heterocycles. The molecule has 0 spiro atoms. The molecule has 1 amide bonds. The topological polar surface area (TPSA) is 70.2 Å². The van der Waals surface area contributed by atoms with E-state index in [0.29, 0.717) is 18.1 Å². The van der Waals surface area contributed by atoms with Crippen LogP contribution in [0.5, 0.6) is 0 Å². The fourth-order valence-corrected chi connectivity index (χ4v) is 2.67. The molecule has 2 rings (SSSR count). The molecule has 0 aliphatic rings. The molecule has 6 nitrogen and oxygen atoms in total. The van der Waals surface area contributed by atoms with Gasteiger partial charge in [-0.25, -0.2) is 9.97 Å². The molecule has 0 fully saturated rings. The van der Waals surface area contributed by atoms with Crippen molar-refractivity contribution in [3.05, 3.63) is 42.4 Å². The summed E-state index contributed by atoms with van der Waals surface area (Å²) in [5.41, 5.74) is 2.47. The number of hydrogen-bond donors (Lipinski definition) is 2. The summed E-state index contributed by atoms with van der Waals surface area (Å²) in [5.74, 6) is 0.437. The molecule has 2 N–H and O–H groups in total. The summed E-state index contributed by atoms with van der Waals surface area (Å²) < 4.78 is 0. The van der Waals surface area contributed by atoms with Crippen LogP contribution in [0.1, 0.15) is 50.5 Å². The van der Waals surface area contributed by atoms with Crippen molar-refractivity contribution in [3.63, 3.8) is 0 Å². The largest absolute Gasteiger partial charge is 0.372 e. The van der Waals surface area contributed by atoms with Gasteiger partial charge in [0.15, 0.2) is 0 Å². The molecule has 0 bridgehead atoms. The van der Waals surface area contributed by atoms with Crippen LogP contribution in [0.25, 0.3) is 0 Å². The van der Waals surface area contributed by atoms with Gasteiger partial charge >= 0.3 is 0 Å². The van der Waals surface area contributed by atoms with Gasteiger partial charge in [-0.2, -0.15) is 0 Å². The highest BCUT2D eigenvalue weighted by atomic mass is 16.1. The lowest BCUT2D eigenvalue weighted by atomic mass is 10.2. The van der Waals surface area contributed by atoms with E-state index in [1.54, 1.807) is 6.20 Å². The van der Waals surface area contributed by atoms with Crippen LogP contribution in [-0.2, 0) is 0 Å². The summed E-state index contributed by atoms with van der Waals surface area (Å²) in [6.45, 7) is 9.07. The van der Waals surface area contributed by atoms with Crippen molar-refractivity contribution in [3.8, 4) is 0 Å². The number of aromatic nitrogens is 2. The molecule has 0 saturated heterocycles. The van der Waals surface area contributed by atoms with Gasteiger partial charge in [0.25, 0.3) is 5.91 Å². The third kappa shape index (κ3) is 5.72. The molecule has 0 aliphatic carbocycles. The van der Waals surface area contributed by atoms with E-state index in [1.165, 1.54) is 11.9 Å². The first-order chi connectivity index (χ1) is 12.7. The first-order valence-electron chi connectivity index (χ1n) is 9.40. The minimum Gasteiger partial charge on any atom is -0.372 e. The summed E-state index contributed by atoms with van der Waals surface area (Å²) in [6.07, 6.45) is 6.31. The Morgan fingerprint density at radius 2 is 1.73 bits per heavy atom. The maximum atomic E-state index is 12.0. The van der Waals surface area contributed by atoms with Crippen LogP contribution >= 0.6 is 0 Å². The van der Waals surface area contributed by atoms with Gasteiger partial charge in [0.1, 0.15) is 11.5 Å². The van der Waals surface area contributed by atoms with E-state index in [0.717, 1.165) is 38.0 Å². The second-order valence-electron chi connectivity index (χ2n) is 6.09. The van der Waals surface area contributed by atoms with Crippen LogP contribution in [-0.4, -0.2) is 35.5 Å². The Labute approximate surface area is 156 Å². The van der Waals surface area contributed by atoms with Gasteiger partial charge in [-0.15, -0.1) is 0 Å². The van der Waals surface area contributed by atoms with Crippen molar-refractivity contribution in [2.75, 3.05) is 29.9 Å². The zero-order valence-electron chi connectivity index (χ0n) is 16.0. The van der Waals surface area contributed by atoms with Crippen LogP contribution in [0.4, 0.5) is 17.2 Å². The minimum absolute atomic E-state index is 0.177. The molecule has 6 heteroatoms.